The van der Waals surface area contributed by atoms with Gasteiger partial charge in [-0.2, -0.15) is 0 Å². The van der Waals surface area contributed by atoms with Gasteiger partial charge in [0.05, 0.1) is 18.1 Å². The van der Waals surface area contributed by atoms with E-state index in [4.69, 9.17) is 5.11 Å². The number of rotatable bonds is 8. The van der Waals surface area contributed by atoms with Crippen molar-refractivity contribution in [3.05, 3.63) is 24.0 Å². The smallest absolute Gasteiger partial charge is 0.211 e. The Morgan fingerprint density at radius 2 is 2.16 bits per heavy atom. The third-order valence-electron chi connectivity index (χ3n) is 2.70. The van der Waals surface area contributed by atoms with Gasteiger partial charge in [0.15, 0.2) is 0 Å². The second kappa shape index (κ2) is 7.42. The van der Waals surface area contributed by atoms with Crippen LogP contribution in [0.15, 0.2) is 18.3 Å². The Bertz CT molecular complexity index is 473. The summed E-state index contributed by atoms with van der Waals surface area (Å²) in [7, 11) is -3.09. The van der Waals surface area contributed by atoms with Crippen LogP contribution in [0.3, 0.4) is 0 Å². The molecule has 6 nitrogen and oxygen atoms in total. The van der Waals surface area contributed by atoms with Crippen molar-refractivity contribution in [2.75, 3.05) is 25.9 Å². The highest BCUT2D eigenvalue weighted by Crippen LogP contribution is 2.05. The predicted molar refractivity (Wildman–Crippen MR) is 74.3 cm³/mol. The molecule has 0 amide bonds. The van der Waals surface area contributed by atoms with Crippen molar-refractivity contribution in [3.63, 3.8) is 0 Å². The van der Waals surface area contributed by atoms with E-state index in [1.807, 2.05) is 6.92 Å². The summed E-state index contributed by atoms with van der Waals surface area (Å²) in [5, 5.41) is 12.3. The van der Waals surface area contributed by atoms with Crippen LogP contribution in [-0.4, -0.2) is 48.7 Å². The summed E-state index contributed by atoms with van der Waals surface area (Å²) in [5.74, 6) is 0.149. The number of sulfonamides is 1. The highest BCUT2D eigenvalue weighted by atomic mass is 32.2. The van der Waals surface area contributed by atoms with Crippen LogP contribution in [0.4, 0.5) is 0 Å². The number of aromatic nitrogens is 1. The maximum Gasteiger partial charge on any atom is 0.211 e. The summed E-state index contributed by atoms with van der Waals surface area (Å²) >= 11 is 0. The van der Waals surface area contributed by atoms with Crippen molar-refractivity contribution < 1.29 is 13.5 Å². The van der Waals surface area contributed by atoms with Crippen molar-refractivity contribution in [3.8, 4) is 5.75 Å². The van der Waals surface area contributed by atoms with E-state index in [0.29, 0.717) is 26.2 Å². The Kier molecular flexibility index (Phi) is 6.20. The average molecular weight is 287 g/mol. The summed E-state index contributed by atoms with van der Waals surface area (Å²) in [6, 6.07) is 3.34. The molecule has 0 spiro atoms. The summed E-state index contributed by atoms with van der Waals surface area (Å²) < 4.78 is 24.2. The first-order valence-electron chi connectivity index (χ1n) is 6.23. The molecule has 108 valence electrons. The second-order valence-corrected chi connectivity index (χ2v) is 6.28. The third-order valence-corrected chi connectivity index (χ3v) is 4.08. The fourth-order valence-electron chi connectivity index (χ4n) is 1.68. The van der Waals surface area contributed by atoms with Gasteiger partial charge in [-0.25, -0.2) is 12.7 Å². The van der Waals surface area contributed by atoms with Crippen molar-refractivity contribution in [1.82, 2.24) is 14.6 Å². The number of hydrogen-bond donors (Lipinski definition) is 2. The maximum absolute atomic E-state index is 11.4. The first-order valence-corrected chi connectivity index (χ1v) is 8.08. The topological polar surface area (TPSA) is 82.5 Å². The monoisotopic (exact) mass is 287 g/mol. The van der Waals surface area contributed by atoms with Gasteiger partial charge in [0.2, 0.25) is 10.0 Å². The zero-order chi connectivity index (χ0) is 14.3. The minimum Gasteiger partial charge on any atom is -0.506 e. The maximum atomic E-state index is 11.4. The Hall–Kier alpha value is -1.18. The average Bonchev–Trinajstić information content (AvgIpc) is 2.34. The Balaban J connectivity index is 2.22. The molecule has 0 radical (unpaired) electrons. The van der Waals surface area contributed by atoms with Gasteiger partial charge in [-0.3, -0.25) is 4.98 Å². The third kappa shape index (κ3) is 6.00. The van der Waals surface area contributed by atoms with Gasteiger partial charge in [0.1, 0.15) is 5.75 Å². The van der Waals surface area contributed by atoms with Gasteiger partial charge in [-0.15, -0.1) is 0 Å². The van der Waals surface area contributed by atoms with Gasteiger partial charge in [-0.1, -0.05) is 6.92 Å². The van der Waals surface area contributed by atoms with Crippen LogP contribution in [0, 0.1) is 0 Å². The molecule has 0 saturated heterocycles. The minimum atomic E-state index is -3.09. The normalized spacial score (nSPS) is 11.9. The molecule has 0 unspecified atom stereocenters. The van der Waals surface area contributed by atoms with E-state index in [2.05, 4.69) is 10.3 Å². The molecule has 1 aromatic rings. The zero-order valence-corrected chi connectivity index (χ0v) is 12.2. The van der Waals surface area contributed by atoms with Crippen LogP contribution in [-0.2, 0) is 16.6 Å². The lowest BCUT2D eigenvalue weighted by Gasteiger charge is -2.17. The molecule has 0 saturated carbocycles. The summed E-state index contributed by atoms with van der Waals surface area (Å²) in [4.78, 5) is 4.05. The van der Waals surface area contributed by atoms with Gasteiger partial charge in [0, 0.05) is 19.6 Å². The number of pyridine rings is 1. The van der Waals surface area contributed by atoms with Gasteiger partial charge in [0.25, 0.3) is 0 Å². The molecular formula is C12H21N3O3S. The Morgan fingerprint density at radius 3 is 2.68 bits per heavy atom. The van der Waals surface area contributed by atoms with Gasteiger partial charge < -0.3 is 10.4 Å². The lowest BCUT2D eigenvalue weighted by atomic mass is 10.3. The van der Waals surface area contributed by atoms with Crippen LogP contribution >= 0.6 is 0 Å². The lowest BCUT2D eigenvalue weighted by molar-refractivity contribution is 0.419. The van der Waals surface area contributed by atoms with E-state index in [0.717, 1.165) is 12.1 Å². The highest BCUT2D eigenvalue weighted by Gasteiger charge is 2.12. The highest BCUT2D eigenvalue weighted by molar-refractivity contribution is 7.88. The van der Waals surface area contributed by atoms with Crippen LogP contribution in [0.5, 0.6) is 5.75 Å². The van der Waals surface area contributed by atoms with E-state index >= 15 is 0 Å². The molecule has 1 heterocycles. The molecule has 2 N–H and O–H groups in total. The summed E-state index contributed by atoms with van der Waals surface area (Å²) in [5.41, 5.74) is 0.841. The molecule has 0 aliphatic heterocycles. The molecule has 0 aliphatic carbocycles. The molecule has 0 aliphatic rings. The summed E-state index contributed by atoms with van der Waals surface area (Å²) in [6.07, 6.45) is 3.38. The predicted octanol–water partition coefficient (Wildman–Crippen LogP) is 0.548. The minimum absolute atomic E-state index is 0.149. The number of aromatic hydroxyl groups is 1. The van der Waals surface area contributed by atoms with E-state index in [1.165, 1.54) is 16.8 Å². The number of nitrogens with one attached hydrogen (secondary N) is 1. The first kappa shape index (κ1) is 15.9. The van der Waals surface area contributed by atoms with Crippen LogP contribution in [0.25, 0.3) is 0 Å². The van der Waals surface area contributed by atoms with Gasteiger partial charge in [-0.05, 0) is 25.1 Å². The molecule has 0 atom stereocenters. The standard InChI is InChI=1S/C12H21N3O3S/c1-3-15(19(2,17)18)8-4-7-13-9-11-5-6-12(16)10-14-11/h5-6,10,13,16H,3-4,7-9H2,1-2H3. The van der Waals surface area contributed by atoms with E-state index in [9.17, 15) is 8.42 Å². The molecule has 0 bridgehead atoms. The largest absolute Gasteiger partial charge is 0.506 e. The summed E-state index contributed by atoms with van der Waals surface area (Å²) in [6.45, 7) is 4.17. The Labute approximate surface area is 114 Å². The van der Waals surface area contributed by atoms with Crippen molar-refractivity contribution >= 4 is 10.0 Å². The lowest BCUT2D eigenvalue weighted by Crippen LogP contribution is -2.32. The quantitative estimate of drug-likeness (QED) is 0.682. The second-order valence-electron chi connectivity index (χ2n) is 4.29. The van der Waals surface area contributed by atoms with Crippen LogP contribution in [0.1, 0.15) is 19.0 Å². The van der Waals surface area contributed by atoms with Crippen molar-refractivity contribution in [1.29, 1.82) is 0 Å². The number of nitrogens with zero attached hydrogens (tertiary/aromatic N) is 2. The number of hydrogen-bond acceptors (Lipinski definition) is 5. The van der Waals surface area contributed by atoms with E-state index in [-0.39, 0.29) is 5.75 Å². The zero-order valence-electron chi connectivity index (χ0n) is 11.3. The molecule has 1 rings (SSSR count). The SMILES string of the molecule is CCN(CCCNCc1ccc(O)cn1)S(C)(=O)=O. The fraction of sp³-hybridized carbons (Fsp3) is 0.583. The molecular weight excluding hydrogens is 266 g/mol. The van der Waals surface area contributed by atoms with E-state index < -0.39 is 10.0 Å². The van der Waals surface area contributed by atoms with Crippen LogP contribution < -0.4 is 5.32 Å². The molecule has 0 fully saturated rings. The Morgan fingerprint density at radius 1 is 1.42 bits per heavy atom. The van der Waals surface area contributed by atoms with E-state index in [1.54, 1.807) is 12.1 Å². The molecule has 7 heteroatoms. The van der Waals surface area contributed by atoms with Crippen molar-refractivity contribution in [2.24, 2.45) is 0 Å². The fourth-order valence-corrected chi connectivity index (χ4v) is 2.61. The van der Waals surface area contributed by atoms with Crippen LogP contribution in [0.2, 0.25) is 0 Å². The molecule has 19 heavy (non-hydrogen) atoms. The first-order chi connectivity index (χ1) is 8.93. The molecule has 0 aromatic carbocycles. The molecule has 1 aromatic heterocycles. The van der Waals surface area contributed by atoms with Crippen molar-refractivity contribution in [2.45, 2.75) is 19.9 Å². The van der Waals surface area contributed by atoms with Gasteiger partial charge >= 0.3 is 0 Å².